The van der Waals surface area contributed by atoms with Crippen LogP contribution >= 0.6 is 23.6 Å². The van der Waals surface area contributed by atoms with Gasteiger partial charge in [0.05, 0.1) is 17.6 Å². The number of pyridine rings is 1. The van der Waals surface area contributed by atoms with Crippen molar-refractivity contribution in [1.29, 1.82) is 0 Å². The second-order valence-electron chi connectivity index (χ2n) is 6.50. The van der Waals surface area contributed by atoms with E-state index in [1.165, 1.54) is 24.2 Å². The topological polar surface area (TPSA) is 112 Å². The fraction of sp³-hybridized carbons (Fsp3) is 0.278. The van der Waals surface area contributed by atoms with Gasteiger partial charge in [-0.05, 0) is 55.2 Å². The second-order valence-corrected chi connectivity index (χ2v) is 8.07. The van der Waals surface area contributed by atoms with Crippen molar-refractivity contribution in [3.8, 4) is 10.6 Å². The summed E-state index contributed by atoms with van der Waals surface area (Å²) in [6, 6.07) is 7.44. The molecule has 144 valence electrons. The summed E-state index contributed by atoms with van der Waals surface area (Å²) in [4.78, 5) is 26.0. The summed E-state index contributed by atoms with van der Waals surface area (Å²) in [5, 5.41) is 17.9. The van der Waals surface area contributed by atoms with Crippen LogP contribution < -0.4 is 16.0 Å². The van der Waals surface area contributed by atoms with E-state index in [0.717, 1.165) is 22.2 Å². The van der Waals surface area contributed by atoms with Crippen LogP contribution in [-0.2, 0) is 6.54 Å². The van der Waals surface area contributed by atoms with E-state index in [2.05, 4.69) is 30.9 Å². The molecule has 3 aromatic rings. The van der Waals surface area contributed by atoms with E-state index in [4.69, 9.17) is 17.3 Å². The standard InChI is InChI=1S/C18H18N6O2S2/c25-18(26)21-8-11-3-5-14(28-11)13-9-19-12-4-6-15(23-16(12)22-13)24-17(27)20-7-10-1-2-10/h3-6,9-10,21H,1-2,7-8H2,(H,25,26)(H2,20,22,23,24,27). The van der Waals surface area contributed by atoms with Crippen LogP contribution in [0.3, 0.4) is 0 Å². The van der Waals surface area contributed by atoms with Crippen molar-refractivity contribution < 1.29 is 9.90 Å². The molecule has 3 heterocycles. The van der Waals surface area contributed by atoms with Gasteiger partial charge in [-0.2, -0.15) is 0 Å². The SMILES string of the molecule is O=C(O)NCc1ccc(-c2cnc3ccc(NC(=S)NCC4CC4)nc3n2)s1. The predicted molar refractivity (Wildman–Crippen MR) is 112 cm³/mol. The van der Waals surface area contributed by atoms with Crippen molar-refractivity contribution in [3.63, 3.8) is 0 Å². The first-order chi connectivity index (χ1) is 13.6. The molecule has 0 aromatic carbocycles. The van der Waals surface area contributed by atoms with Gasteiger partial charge in [0.1, 0.15) is 17.0 Å². The minimum Gasteiger partial charge on any atom is -0.465 e. The Bertz CT molecular complexity index is 1030. The number of amides is 1. The third kappa shape index (κ3) is 4.70. The lowest BCUT2D eigenvalue weighted by molar-refractivity contribution is 0.194. The molecule has 1 saturated carbocycles. The molecule has 1 amide bonds. The third-order valence-corrected chi connectivity index (χ3v) is 5.58. The number of anilines is 1. The van der Waals surface area contributed by atoms with Gasteiger partial charge in [0.15, 0.2) is 10.8 Å². The molecule has 4 N–H and O–H groups in total. The average Bonchev–Trinajstić information content (AvgIpc) is 3.39. The molecule has 28 heavy (non-hydrogen) atoms. The molecular weight excluding hydrogens is 396 g/mol. The zero-order chi connectivity index (χ0) is 19.5. The van der Waals surface area contributed by atoms with E-state index < -0.39 is 6.09 Å². The van der Waals surface area contributed by atoms with E-state index in [9.17, 15) is 4.79 Å². The van der Waals surface area contributed by atoms with E-state index in [1.54, 1.807) is 6.20 Å². The molecular formula is C18H18N6O2S2. The number of thiophene rings is 1. The number of carbonyl (C=O) groups is 1. The van der Waals surface area contributed by atoms with Crippen molar-refractivity contribution >= 4 is 51.7 Å². The quantitative estimate of drug-likeness (QED) is 0.455. The second kappa shape index (κ2) is 8.03. The Labute approximate surface area is 170 Å². The van der Waals surface area contributed by atoms with Gasteiger partial charge >= 0.3 is 6.09 Å². The lowest BCUT2D eigenvalue weighted by atomic mass is 10.3. The summed E-state index contributed by atoms with van der Waals surface area (Å²) < 4.78 is 0. The molecule has 1 fully saturated rings. The molecule has 0 aliphatic heterocycles. The lowest BCUT2D eigenvalue weighted by Gasteiger charge is -2.09. The number of rotatable bonds is 6. The Hall–Kier alpha value is -2.85. The summed E-state index contributed by atoms with van der Waals surface area (Å²) in [5.41, 5.74) is 1.90. The van der Waals surface area contributed by atoms with E-state index in [1.807, 2.05) is 24.3 Å². The van der Waals surface area contributed by atoms with Crippen LogP contribution in [0.4, 0.5) is 10.6 Å². The van der Waals surface area contributed by atoms with Crippen LogP contribution in [0.25, 0.3) is 21.7 Å². The Morgan fingerprint density at radius 3 is 2.86 bits per heavy atom. The van der Waals surface area contributed by atoms with Gasteiger partial charge in [0.2, 0.25) is 0 Å². The summed E-state index contributed by atoms with van der Waals surface area (Å²) in [7, 11) is 0. The van der Waals surface area contributed by atoms with Crippen LogP contribution in [0, 0.1) is 5.92 Å². The van der Waals surface area contributed by atoms with Gasteiger partial charge in [-0.15, -0.1) is 11.3 Å². The minimum atomic E-state index is -1.05. The summed E-state index contributed by atoms with van der Waals surface area (Å²) in [6.45, 7) is 1.15. The molecule has 0 bridgehead atoms. The van der Waals surface area contributed by atoms with Crippen LogP contribution in [0.15, 0.2) is 30.5 Å². The van der Waals surface area contributed by atoms with Crippen molar-refractivity contribution in [1.82, 2.24) is 25.6 Å². The van der Waals surface area contributed by atoms with Gasteiger partial charge in [0.25, 0.3) is 0 Å². The predicted octanol–water partition coefficient (Wildman–Crippen LogP) is 3.22. The van der Waals surface area contributed by atoms with Crippen LogP contribution in [0.1, 0.15) is 17.7 Å². The number of hydrogen-bond donors (Lipinski definition) is 4. The average molecular weight is 415 g/mol. The highest BCUT2D eigenvalue weighted by Crippen LogP contribution is 2.28. The molecule has 1 aliphatic rings. The fourth-order valence-corrected chi connectivity index (χ4v) is 3.67. The highest BCUT2D eigenvalue weighted by Gasteiger charge is 2.21. The molecule has 0 radical (unpaired) electrons. The van der Waals surface area contributed by atoms with Crippen molar-refractivity contribution in [2.45, 2.75) is 19.4 Å². The van der Waals surface area contributed by atoms with Gasteiger partial charge < -0.3 is 21.1 Å². The highest BCUT2D eigenvalue weighted by molar-refractivity contribution is 7.80. The third-order valence-electron chi connectivity index (χ3n) is 4.22. The zero-order valence-corrected chi connectivity index (χ0v) is 16.4. The molecule has 3 aromatic heterocycles. The lowest BCUT2D eigenvalue weighted by Crippen LogP contribution is -2.30. The summed E-state index contributed by atoms with van der Waals surface area (Å²) in [5.74, 6) is 1.35. The molecule has 0 atom stereocenters. The van der Waals surface area contributed by atoms with Crippen molar-refractivity contribution in [2.24, 2.45) is 5.92 Å². The smallest absolute Gasteiger partial charge is 0.404 e. The Balaban J connectivity index is 1.49. The minimum absolute atomic E-state index is 0.263. The number of carboxylic acid groups (broad SMARTS) is 1. The van der Waals surface area contributed by atoms with E-state index in [0.29, 0.717) is 27.8 Å². The summed E-state index contributed by atoms with van der Waals surface area (Å²) in [6.07, 6.45) is 3.17. The summed E-state index contributed by atoms with van der Waals surface area (Å²) >= 11 is 6.77. The maximum Gasteiger partial charge on any atom is 0.404 e. The van der Waals surface area contributed by atoms with E-state index >= 15 is 0 Å². The first-order valence-electron chi connectivity index (χ1n) is 8.81. The van der Waals surface area contributed by atoms with Crippen molar-refractivity contribution in [3.05, 3.63) is 35.3 Å². The normalized spacial score (nSPS) is 13.3. The molecule has 1 aliphatic carbocycles. The first-order valence-corrected chi connectivity index (χ1v) is 10.0. The molecule has 8 nitrogen and oxygen atoms in total. The number of nitrogens with zero attached hydrogens (tertiary/aromatic N) is 3. The van der Waals surface area contributed by atoms with Gasteiger partial charge in [-0.3, -0.25) is 4.98 Å². The molecule has 10 heteroatoms. The largest absolute Gasteiger partial charge is 0.465 e. The number of nitrogens with one attached hydrogen (secondary N) is 3. The number of aromatic nitrogens is 3. The van der Waals surface area contributed by atoms with Gasteiger partial charge in [-0.25, -0.2) is 14.8 Å². The zero-order valence-electron chi connectivity index (χ0n) is 14.8. The number of hydrogen-bond acceptors (Lipinski definition) is 6. The molecule has 4 rings (SSSR count). The first kappa shape index (κ1) is 18.5. The maximum absolute atomic E-state index is 10.6. The Kier molecular flexibility index (Phi) is 5.31. The van der Waals surface area contributed by atoms with Crippen LogP contribution in [0.5, 0.6) is 0 Å². The monoisotopic (exact) mass is 414 g/mol. The Morgan fingerprint density at radius 1 is 1.21 bits per heavy atom. The van der Waals surface area contributed by atoms with Crippen molar-refractivity contribution in [2.75, 3.05) is 11.9 Å². The van der Waals surface area contributed by atoms with Crippen LogP contribution in [-0.4, -0.2) is 37.8 Å². The fourth-order valence-electron chi connectivity index (χ4n) is 2.58. The van der Waals surface area contributed by atoms with Crippen LogP contribution in [0.2, 0.25) is 0 Å². The molecule has 0 spiro atoms. The highest BCUT2D eigenvalue weighted by atomic mass is 32.1. The van der Waals surface area contributed by atoms with Gasteiger partial charge in [0, 0.05) is 11.4 Å². The number of fused-ring (bicyclic) bond motifs is 1. The molecule has 0 saturated heterocycles. The Morgan fingerprint density at radius 2 is 2.07 bits per heavy atom. The van der Waals surface area contributed by atoms with Gasteiger partial charge in [-0.1, -0.05) is 0 Å². The maximum atomic E-state index is 10.6. The molecule has 0 unspecified atom stereocenters. The number of thiocarbonyl (C=S) groups is 1. The van der Waals surface area contributed by atoms with E-state index in [-0.39, 0.29) is 6.54 Å².